The van der Waals surface area contributed by atoms with E-state index in [0.29, 0.717) is 11.3 Å². The Hall–Kier alpha value is -2.72. The molecular formula is C21H22ClO4+. The largest absolute Gasteiger partial charge is 0.507 e. The molecule has 4 nitrogen and oxygen atoms in total. The van der Waals surface area contributed by atoms with Crippen molar-refractivity contribution in [3.8, 4) is 17.2 Å². The molecule has 5 heteroatoms. The highest BCUT2D eigenvalue weighted by atomic mass is 35.5. The highest BCUT2D eigenvalue weighted by molar-refractivity contribution is 5.87. The number of hydrogen-bond donors (Lipinski definition) is 1. The predicted octanol–water partition coefficient (Wildman–Crippen LogP) is 5.81. The summed E-state index contributed by atoms with van der Waals surface area (Å²) in [7, 11) is 3.23. The van der Waals surface area contributed by atoms with Crippen LogP contribution in [0.25, 0.3) is 22.6 Å². The van der Waals surface area contributed by atoms with Crippen molar-refractivity contribution >= 4 is 35.0 Å². The SMILES string of the molecule is CC/C(=C/c1c(O)cccc1OC)c1ccc2c(OC)cccc2[o+]1.Cl. The summed E-state index contributed by atoms with van der Waals surface area (Å²) >= 11 is 0. The normalized spacial score (nSPS) is 11.1. The molecule has 0 unspecified atom stereocenters. The van der Waals surface area contributed by atoms with Crippen molar-refractivity contribution in [2.75, 3.05) is 14.2 Å². The van der Waals surface area contributed by atoms with Gasteiger partial charge in [-0.1, -0.05) is 13.0 Å². The maximum absolute atomic E-state index is 10.2. The van der Waals surface area contributed by atoms with E-state index in [2.05, 4.69) is 0 Å². The molecular weight excluding hydrogens is 352 g/mol. The Bertz CT molecular complexity index is 934. The van der Waals surface area contributed by atoms with E-state index in [-0.39, 0.29) is 18.2 Å². The molecule has 1 N–H and O–H groups in total. The molecule has 0 aliphatic heterocycles. The zero-order chi connectivity index (χ0) is 17.8. The molecule has 3 aromatic rings. The standard InChI is InChI=1S/C21H20O4.ClH/c1-4-14(13-16-17(22)7-5-8-20(16)24-3)18-12-11-15-19(23-2)9-6-10-21(15)25-18;/h5-13H,4H2,1-3H3;1H/p+1/b14-13-;. The van der Waals surface area contributed by atoms with E-state index in [1.165, 1.54) is 0 Å². The van der Waals surface area contributed by atoms with Gasteiger partial charge in [0.1, 0.15) is 22.6 Å². The van der Waals surface area contributed by atoms with Crippen molar-refractivity contribution in [2.45, 2.75) is 13.3 Å². The lowest BCUT2D eigenvalue weighted by Crippen LogP contribution is -1.90. The average molecular weight is 374 g/mol. The molecule has 26 heavy (non-hydrogen) atoms. The summed E-state index contributed by atoms with van der Waals surface area (Å²) in [6.45, 7) is 2.05. The van der Waals surface area contributed by atoms with Crippen LogP contribution in [0.4, 0.5) is 0 Å². The lowest BCUT2D eigenvalue weighted by molar-refractivity contribution is 0.406. The van der Waals surface area contributed by atoms with Gasteiger partial charge >= 0.3 is 11.3 Å². The van der Waals surface area contributed by atoms with E-state index >= 15 is 0 Å². The zero-order valence-electron chi connectivity index (χ0n) is 15.0. The molecule has 0 saturated heterocycles. The number of phenols is 1. The molecule has 0 radical (unpaired) electrons. The van der Waals surface area contributed by atoms with Crippen molar-refractivity contribution in [1.29, 1.82) is 0 Å². The molecule has 0 aliphatic rings. The maximum Gasteiger partial charge on any atom is 0.364 e. The Balaban J connectivity index is 0.00000243. The number of allylic oxidation sites excluding steroid dienone is 1. The van der Waals surface area contributed by atoms with Crippen molar-refractivity contribution in [3.05, 3.63) is 59.9 Å². The molecule has 0 amide bonds. The minimum Gasteiger partial charge on any atom is -0.507 e. The van der Waals surface area contributed by atoms with Crippen LogP contribution in [0.2, 0.25) is 0 Å². The fourth-order valence-corrected chi connectivity index (χ4v) is 2.82. The maximum atomic E-state index is 10.2. The van der Waals surface area contributed by atoms with Gasteiger partial charge in [-0.05, 0) is 42.8 Å². The van der Waals surface area contributed by atoms with Crippen LogP contribution >= 0.6 is 12.4 Å². The van der Waals surface area contributed by atoms with Crippen molar-refractivity contribution in [1.82, 2.24) is 0 Å². The van der Waals surface area contributed by atoms with Crippen LogP contribution < -0.4 is 9.47 Å². The monoisotopic (exact) mass is 373 g/mol. The van der Waals surface area contributed by atoms with Gasteiger partial charge in [-0.25, -0.2) is 4.42 Å². The Labute approximate surface area is 159 Å². The van der Waals surface area contributed by atoms with Gasteiger partial charge in [0.2, 0.25) is 0 Å². The average Bonchev–Trinajstić information content (AvgIpc) is 2.65. The van der Waals surface area contributed by atoms with Crippen LogP contribution in [0.1, 0.15) is 24.7 Å². The summed E-state index contributed by atoms with van der Waals surface area (Å²) in [6, 6.07) is 14.8. The first-order chi connectivity index (χ1) is 12.2. The first-order valence-corrected chi connectivity index (χ1v) is 8.14. The van der Waals surface area contributed by atoms with Gasteiger partial charge in [0.15, 0.2) is 0 Å². The Kier molecular flexibility index (Phi) is 6.47. The van der Waals surface area contributed by atoms with Crippen LogP contribution in [0.3, 0.4) is 0 Å². The Morgan fingerprint density at radius 2 is 1.69 bits per heavy atom. The molecule has 0 spiro atoms. The van der Waals surface area contributed by atoms with E-state index < -0.39 is 0 Å². The van der Waals surface area contributed by atoms with Crippen LogP contribution in [0.5, 0.6) is 17.2 Å². The molecule has 0 atom stereocenters. The third-order valence-corrected chi connectivity index (χ3v) is 4.15. The molecule has 0 saturated carbocycles. The number of hydrogen-bond acceptors (Lipinski definition) is 3. The van der Waals surface area contributed by atoms with Gasteiger partial charge in [-0.2, -0.15) is 0 Å². The van der Waals surface area contributed by atoms with Gasteiger partial charge in [0.05, 0.1) is 25.4 Å². The minimum absolute atomic E-state index is 0. The summed E-state index contributed by atoms with van der Waals surface area (Å²) in [6.07, 6.45) is 2.65. The molecule has 136 valence electrons. The summed E-state index contributed by atoms with van der Waals surface area (Å²) in [5.41, 5.74) is 2.35. The zero-order valence-corrected chi connectivity index (χ0v) is 15.8. The third kappa shape index (κ3) is 3.75. The first-order valence-electron chi connectivity index (χ1n) is 8.14. The number of halogens is 1. The number of rotatable bonds is 5. The lowest BCUT2D eigenvalue weighted by atomic mass is 10.0. The highest BCUT2D eigenvalue weighted by Gasteiger charge is 2.19. The van der Waals surface area contributed by atoms with Gasteiger partial charge in [0, 0.05) is 12.1 Å². The molecule has 0 fully saturated rings. The molecule has 0 bridgehead atoms. The van der Waals surface area contributed by atoms with Gasteiger partial charge < -0.3 is 14.6 Å². The lowest BCUT2D eigenvalue weighted by Gasteiger charge is -2.07. The number of fused-ring (bicyclic) bond motifs is 1. The molecule has 0 aliphatic carbocycles. The fraction of sp³-hybridized carbons (Fsp3) is 0.190. The van der Waals surface area contributed by atoms with Gasteiger partial charge in [0.25, 0.3) is 0 Å². The minimum atomic E-state index is 0. The number of benzene rings is 2. The highest BCUT2D eigenvalue weighted by Crippen LogP contribution is 2.34. The molecule has 2 aromatic carbocycles. The number of methoxy groups -OCH3 is 2. The van der Waals surface area contributed by atoms with E-state index in [4.69, 9.17) is 13.9 Å². The van der Waals surface area contributed by atoms with Gasteiger partial charge in [-0.3, -0.25) is 0 Å². The Morgan fingerprint density at radius 3 is 2.38 bits per heavy atom. The Morgan fingerprint density at radius 1 is 1.00 bits per heavy atom. The number of aromatic hydroxyl groups is 1. The third-order valence-electron chi connectivity index (χ3n) is 4.15. The van der Waals surface area contributed by atoms with Crippen molar-refractivity contribution < 1.29 is 19.0 Å². The van der Waals surface area contributed by atoms with E-state index in [0.717, 1.165) is 34.5 Å². The second-order valence-corrected chi connectivity index (χ2v) is 5.59. The molecule has 1 heterocycles. The first kappa shape index (κ1) is 19.6. The van der Waals surface area contributed by atoms with E-state index in [9.17, 15) is 5.11 Å². The quantitative estimate of drug-likeness (QED) is 0.573. The molecule has 3 rings (SSSR count). The van der Waals surface area contributed by atoms with E-state index in [1.54, 1.807) is 26.4 Å². The molecule has 1 aromatic heterocycles. The van der Waals surface area contributed by atoms with Gasteiger partial charge in [-0.15, -0.1) is 12.4 Å². The predicted molar refractivity (Wildman–Crippen MR) is 107 cm³/mol. The van der Waals surface area contributed by atoms with Crippen LogP contribution in [-0.2, 0) is 0 Å². The second-order valence-electron chi connectivity index (χ2n) is 5.59. The number of ether oxygens (including phenoxy) is 2. The summed E-state index contributed by atoms with van der Waals surface area (Å²) < 4.78 is 16.8. The van der Waals surface area contributed by atoms with Crippen LogP contribution in [0.15, 0.2) is 52.9 Å². The number of phenolic OH excluding ortho intramolecular Hbond substituents is 1. The second kappa shape index (κ2) is 8.59. The summed E-state index contributed by atoms with van der Waals surface area (Å²) in [4.78, 5) is 0. The topological polar surface area (TPSA) is 50.0 Å². The summed E-state index contributed by atoms with van der Waals surface area (Å²) in [5.74, 6) is 2.31. The fourth-order valence-electron chi connectivity index (χ4n) is 2.82. The summed E-state index contributed by atoms with van der Waals surface area (Å²) in [5, 5.41) is 11.1. The smallest absolute Gasteiger partial charge is 0.364 e. The van der Waals surface area contributed by atoms with Crippen molar-refractivity contribution in [3.63, 3.8) is 0 Å². The van der Waals surface area contributed by atoms with Crippen LogP contribution in [0, 0.1) is 0 Å². The van der Waals surface area contributed by atoms with Crippen molar-refractivity contribution in [2.24, 2.45) is 0 Å². The van der Waals surface area contributed by atoms with Crippen LogP contribution in [-0.4, -0.2) is 19.3 Å². The van der Waals surface area contributed by atoms with E-state index in [1.807, 2.05) is 49.4 Å².